The van der Waals surface area contributed by atoms with Crippen molar-refractivity contribution < 1.29 is 39.6 Å². The first-order valence-electron chi connectivity index (χ1n) is 9.92. The molecule has 0 saturated carbocycles. The lowest BCUT2D eigenvalue weighted by atomic mass is 10.2. The Balaban J connectivity index is 1.99. The molecule has 0 radical (unpaired) electrons. The molecule has 0 saturated heterocycles. The fourth-order valence-electron chi connectivity index (χ4n) is 3.09. The van der Waals surface area contributed by atoms with Crippen molar-refractivity contribution in [3.63, 3.8) is 0 Å². The Kier molecular flexibility index (Phi) is 7.16. The van der Waals surface area contributed by atoms with Crippen molar-refractivity contribution in [3.05, 3.63) is 89.5 Å². The number of carbonyl (C=O) groups excluding carboxylic acids is 1. The molecular weight excluding hydrogens is 498 g/mol. The van der Waals surface area contributed by atoms with Crippen LogP contribution in [-0.2, 0) is 27.2 Å². The number of nitrogens with zero attached hydrogens (tertiary/aromatic N) is 1. The molecule has 0 heterocycles. The van der Waals surface area contributed by atoms with Gasteiger partial charge in [-0.25, -0.2) is 8.42 Å². The highest BCUT2D eigenvalue weighted by atomic mass is 32.2. The highest BCUT2D eigenvalue weighted by molar-refractivity contribution is 7.92. The minimum atomic E-state index is -4.78. The molecule has 35 heavy (non-hydrogen) atoms. The average molecular weight is 516 g/mol. The van der Waals surface area contributed by atoms with Crippen molar-refractivity contribution in [1.29, 1.82) is 0 Å². The zero-order chi connectivity index (χ0) is 26.0. The molecule has 3 rings (SSSR count). The average Bonchev–Trinajstić information content (AvgIpc) is 2.77. The van der Waals surface area contributed by atoms with E-state index < -0.39 is 51.6 Å². The zero-order valence-corrected chi connectivity index (χ0v) is 18.8. The van der Waals surface area contributed by atoms with Crippen molar-refractivity contribution in [2.24, 2.45) is 0 Å². The van der Waals surface area contributed by atoms with Crippen LogP contribution in [-0.4, -0.2) is 20.9 Å². The molecule has 5 nitrogen and oxygen atoms in total. The van der Waals surface area contributed by atoms with Crippen molar-refractivity contribution in [2.75, 3.05) is 16.2 Å². The number of aryl methyl sites for hydroxylation is 1. The molecular formula is C23H18F6N2O3S. The first-order valence-corrected chi connectivity index (χ1v) is 11.4. The Morgan fingerprint density at radius 1 is 0.829 bits per heavy atom. The van der Waals surface area contributed by atoms with Crippen LogP contribution in [0.3, 0.4) is 0 Å². The Morgan fingerprint density at radius 3 is 1.94 bits per heavy atom. The lowest BCUT2D eigenvalue weighted by Gasteiger charge is -2.25. The molecule has 0 aliphatic rings. The highest BCUT2D eigenvalue weighted by Crippen LogP contribution is 2.34. The topological polar surface area (TPSA) is 66.5 Å². The maximum atomic E-state index is 13.3. The van der Waals surface area contributed by atoms with Gasteiger partial charge < -0.3 is 5.32 Å². The summed E-state index contributed by atoms with van der Waals surface area (Å²) >= 11 is 0. The standard InChI is InChI=1S/C23H18F6N2O3S/c1-15-8-10-20(11-9-15)35(33,34)31(19-7-3-5-17(13-19)23(27,28)29)14-21(32)30-18-6-2-4-16(12-18)22(24,25)26/h2-13H,14H2,1H3,(H,30,32). The zero-order valence-electron chi connectivity index (χ0n) is 18.0. The summed E-state index contributed by atoms with van der Waals surface area (Å²) in [6, 6.07) is 12.4. The van der Waals surface area contributed by atoms with Crippen LogP contribution in [0.15, 0.2) is 77.7 Å². The molecule has 1 amide bonds. The third kappa shape index (κ3) is 6.32. The van der Waals surface area contributed by atoms with Crippen LogP contribution in [0, 0.1) is 6.92 Å². The predicted molar refractivity (Wildman–Crippen MR) is 117 cm³/mol. The first kappa shape index (κ1) is 26.1. The highest BCUT2D eigenvalue weighted by Gasteiger charge is 2.34. The second-order valence-electron chi connectivity index (χ2n) is 7.50. The first-order chi connectivity index (χ1) is 16.2. The van der Waals surface area contributed by atoms with Gasteiger partial charge in [-0.05, 0) is 55.5 Å². The van der Waals surface area contributed by atoms with Gasteiger partial charge >= 0.3 is 12.4 Å². The molecule has 12 heteroatoms. The quantitative estimate of drug-likeness (QED) is 0.417. The van der Waals surface area contributed by atoms with Gasteiger partial charge in [-0.15, -0.1) is 0 Å². The van der Waals surface area contributed by atoms with E-state index in [4.69, 9.17) is 0 Å². The lowest BCUT2D eigenvalue weighted by Crippen LogP contribution is -2.38. The van der Waals surface area contributed by atoms with Gasteiger partial charge in [0.05, 0.1) is 21.7 Å². The number of alkyl halides is 6. The fraction of sp³-hybridized carbons (Fsp3) is 0.174. The number of anilines is 2. The maximum absolute atomic E-state index is 13.3. The van der Waals surface area contributed by atoms with Crippen LogP contribution in [0.25, 0.3) is 0 Å². The van der Waals surface area contributed by atoms with E-state index in [-0.39, 0.29) is 10.6 Å². The van der Waals surface area contributed by atoms with Crippen LogP contribution in [0.1, 0.15) is 16.7 Å². The number of nitrogens with one attached hydrogen (secondary N) is 1. The third-order valence-corrected chi connectivity index (χ3v) is 6.62. The van der Waals surface area contributed by atoms with Gasteiger partial charge in [-0.1, -0.05) is 29.8 Å². The number of hydrogen-bond donors (Lipinski definition) is 1. The van der Waals surface area contributed by atoms with Crippen molar-refractivity contribution in [3.8, 4) is 0 Å². The van der Waals surface area contributed by atoms with E-state index in [0.717, 1.165) is 42.0 Å². The molecule has 186 valence electrons. The fourth-order valence-corrected chi connectivity index (χ4v) is 4.51. The van der Waals surface area contributed by atoms with E-state index in [1.54, 1.807) is 6.92 Å². The number of carbonyl (C=O) groups is 1. The number of benzene rings is 3. The minimum Gasteiger partial charge on any atom is -0.325 e. The smallest absolute Gasteiger partial charge is 0.325 e. The summed E-state index contributed by atoms with van der Waals surface area (Å²) in [5, 5.41) is 2.16. The Labute approximate surface area is 197 Å². The number of hydrogen-bond acceptors (Lipinski definition) is 3. The number of rotatable bonds is 6. The molecule has 0 unspecified atom stereocenters. The maximum Gasteiger partial charge on any atom is 0.416 e. The molecule has 0 bridgehead atoms. The van der Waals surface area contributed by atoms with E-state index in [1.165, 1.54) is 24.3 Å². The molecule has 0 fully saturated rings. The Bertz CT molecular complexity index is 1320. The predicted octanol–water partition coefficient (Wildman–Crippen LogP) is 5.87. The van der Waals surface area contributed by atoms with Crippen LogP contribution in [0.4, 0.5) is 37.7 Å². The number of halogens is 6. The largest absolute Gasteiger partial charge is 0.416 e. The van der Waals surface area contributed by atoms with Gasteiger partial charge in [0.15, 0.2) is 0 Å². The third-order valence-electron chi connectivity index (χ3n) is 4.83. The van der Waals surface area contributed by atoms with Gasteiger partial charge in [-0.3, -0.25) is 9.10 Å². The van der Waals surface area contributed by atoms with Gasteiger partial charge in [-0.2, -0.15) is 26.3 Å². The van der Waals surface area contributed by atoms with Crippen molar-refractivity contribution >= 4 is 27.3 Å². The molecule has 3 aromatic carbocycles. The number of amides is 1. The van der Waals surface area contributed by atoms with Gasteiger partial charge in [0.2, 0.25) is 5.91 Å². The molecule has 0 aliphatic carbocycles. The molecule has 1 N–H and O–H groups in total. The van der Waals surface area contributed by atoms with E-state index in [9.17, 15) is 39.6 Å². The summed E-state index contributed by atoms with van der Waals surface area (Å²) in [6.07, 6.45) is -9.46. The molecule has 0 atom stereocenters. The lowest BCUT2D eigenvalue weighted by molar-refractivity contribution is -0.138. The molecule has 0 aliphatic heterocycles. The SMILES string of the molecule is Cc1ccc(S(=O)(=O)N(CC(=O)Nc2cccc(C(F)(F)F)c2)c2cccc(C(F)(F)F)c2)cc1. The Hall–Kier alpha value is -3.54. The normalized spacial score (nSPS) is 12.3. The van der Waals surface area contributed by atoms with Gasteiger partial charge in [0.1, 0.15) is 6.54 Å². The summed E-state index contributed by atoms with van der Waals surface area (Å²) in [5.74, 6) is -1.06. The summed E-state index contributed by atoms with van der Waals surface area (Å²) in [5.41, 5.74) is -2.17. The molecule has 0 spiro atoms. The second-order valence-corrected chi connectivity index (χ2v) is 9.36. The molecule has 0 aromatic heterocycles. The molecule has 3 aromatic rings. The Morgan fingerprint density at radius 2 is 1.37 bits per heavy atom. The van der Waals surface area contributed by atoms with Crippen LogP contribution in [0.2, 0.25) is 0 Å². The minimum absolute atomic E-state index is 0.262. The van der Waals surface area contributed by atoms with Gasteiger partial charge in [0.25, 0.3) is 10.0 Å². The van der Waals surface area contributed by atoms with Crippen LogP contribution >= 0.6 is 0 Å². The van der Waals surface area contributed by atoms with E-state index in [2.05, 4.69) is 5.32 Å². The van der Waals surface area contributed by atoms with Gasteiger partial charge in [0, 0.05) is 5.69 Å². The van der Waals surface area contributed by atoms with Crippen molar-refractivity contribution in [1.82, 2.24) is 0 Å². The van der Waals surface area contributed by atoms with E-state index in [0.29, 0.717) is 16.4 Å². The summed E-state index contributed by atoms with van der Waals surface area (Å²) < 4.78 is 106. The summed E-state index contributed by atoms with van der Waals surface area (Å²) in [6.45, 7) is 0.706. The van der Waals surface area contributed by atoms with E-state index in [1.807, 2.05) is 0 Å². The second kappa shape index (κ2) is 9.61. The summed E-state index contributed by atoms with van der Waals surface area (Å²) in [4.78, 5) is 12.4. The number of sulfonamides is 1. The monoisotopic (exact) mass is 516 g/mol. The van der Waals surface area contributed by atoms with Crippen LogP contribution in [0.5, 0.6) is 0 Å². The van der Waals surface area contributed by atoms with E-state index >= 15 is 0 Å². The van der Waals surface area contributed by atoms with Crippen LogP contribution < -0.4 is 9.62 Å². The summed E-state index contributed by atoms with van der Waals surface area (Å²) in [7, 11) is -4.53. The van der Waals surface area contributed by atoms with Crippen molar-refractivity contribution in [2.45, 2.75) is 24.2 Å².